The molecule has 2 atom stereocenters. The predicted octanol–water partition coefficient (Wildman–Crippen LogP) is 5.89. The van der Waals surface area contributed by atoms with Gasteiger partial charge in [0.05, 0.1) is 12.1 Å². The molecule has 0 aliphatic carbocycles. The lowest BCUT2D eigenvalue weighted by molar-refractivity contribution is -0.135. The number of rotatable bonds is 8. The second kappa shape index (κ2) is 12.2. The molecule has 1 saturated heterocycles. The van der Waals surface area contributed by atoms with Gasteiger partial charge in [0.2, 0.25) is 5.91 Å². The molecule has 0 unspecified atom stereocenters. The average molecular weight is 548 g/mol. The number of urea groups is 1. The van der Waals surface area contributed by atoms with Crippen LogP contribution in [0.2, 0.25) is 0 Å². The summed E-state index contributed by atoms with van der Waals surface area (Å²) in [7, 11) is 0. The number of nitrogens with one attached hydrogen (secondary N) is 1. The Morgan fingerprint density at radius 3 is 2.64 bits per heavy atom. The summed E-state index contributed by atoms with van der Waals surface area (Å²) in [5, 5.41) is 5.05. The van der Waals surface area contributed by atoms with E-state index in [0.717, 1.165) is 41.7 Å². The van der Waals surface area contributed by atoms with Crippen LogP contribution in [0.25, 0.3) is 0 Å². The molecule has 7 nitrogen and oxygen atoms in total. The van der Waals surface area contributed by atoms with E-state index in [9.17, 15) is 9.59 Å². The average Bonchev–Trinajstić information content (AvgIpc) is 3.61. The third kappa shape index (κ3) is 6.62. The molecule has 0 saturated carbocycles. The van der Waals surface area contributed by atoms with Gasteiger partial charge in [0.1, 0.15) is 18.9 Å². The number of nitrogens with zero attached hydrogens (tertiary/aromatic N) is 2. The van der Waals surface area contributed by atoms with Gasteiger partial charge in [-0.2, -0.15) is 0 Å². The molecule has 1 aromatic heterocycles. The zero-order chi connectivity index (χ0) is 27.4. The van der Waals surface area contributed by atoms with Crippen molar-refractivity contribution in [2.24, 2.45) is 0 Å². The van der Waals surface area contributed by atoms with Crippen molar-refractivity contribution in [2.75, 3.05) is 38.2 Å². The van der Waals surface area contributed by atoms with E-state index in [4.69, 9.17) is 9.47 Å². The summed E-state index contributed by atoms with van der Waals surface area (Å²) >= 11 is 1.73. The summed E-state index contributed by atoms with van der Waals surface area (Å²) in [6, 6.07) is 15.4. The molecule has 39 heavy (non-hydrogen) atoms. The van der Waals surface area contributed by atoms with Gasteiger partial charge in [-0.05, 0) is 80.8 Å². The van der Waals surface area contributed by atoms with Crippen LogP contribution < -0.4 is 10.1 Å². The second-order valence-electron chi connectivity index (χ2n) is 10.5. The minimum Gasteiger partial charge on any atom is -0.491 e. The van der Waals surface area contributed by atoms with Crippen LogP contribution in [-0.4, -0.2) is 60.7 Å². The van der Waals surface area contributed by atoms with Crippen LogP contribution >= 0.6 is 11.3 Å². The highest BCUT2D eigenvalue weighted by Crippen LogP contribution is 2.34. The zero-order valence-electron chi connectivity index (χ0n) is 22.9. The molecule has 8 heteroatoms. The van der Waals surface area contributed by atoms with E-state index < -0.39 is 0 Å². The van der Waals surface area contributed by atoms with E-state index in [1.165, 1.54) is 10.4 Å². The Balaban J connectivity index is 1.32. The Hall–Kier alpha value is -3.36. The molecule has 5 rings (SSSR count). The van der Waals surface area contributed by atoms with Crippen LogP contribution in [-0.2, 0) is 16.0 Å². The van der Waals surface area contributed by atoms with Crippen molar-refractivity contribution in [3.63, 3.8) is 0 Å². The Morgan fingerprint density at radius 1 is 1.10 bits per heavy atom. The van der Waals surface area contributed by atoms with Crippen LogP contribution in [0.15, 0.2) is 53.9 Å². The molecular weight excluding hydrogens is 510 g/mol. The molecule has 206 valence electrons. The number of benzene rings is 2. The Labute approximate surface area is 234 Å². The number of anilines is 1. The maximum Gasteiger partial charge on any atom is 0.322 e. The number of ether oxygens (including phenoxy) is 2. The lowest BCUT2D eigenvalue weighted by Crippen LogP contribution is -2.50. The summed E-state index contributed by atoms with van der Waals surface area (Å²) in [6.07, 6.45) is 2.60. The summed E-state index contributed by atoms with van der Waals surface area (Å²) in [5.41, 5.74) is 5.22. The van der Waals surface area contributed by atoms with Crippen LogP contribution in [0.1, 0.15) is 46.0 Å². The van der Waals surface area contributed by atoms with Crippen LogP contribution in [0.5, 0.6) is 5.75 Å². The standard InChI is InChI=1S/C31H37N3O4S/c1-21-6-9-24(10-7-21)32-31(36)33(18-25-5-4-15-37-25)19-30(35)34-14-12-29-26(13-16-39-29)27(34)20-38-28-11-8-22(2)17-23(28)3/h6-11,13,16-17,25,27H,4-5,12,14-15,18-20H2,1-3H3,(H,32,36)/t25-,27+/m1/s1. The topological polar surface area (TPSA) is 71.1 Å². The first-order valence-corrected chi connectivity index (χ1v) is 14.6. The van der Waals surface area contributed by atoms with Gasteiger partial charge in [0.15, 0.2) is 0 Å². The molecule has 2 aliphatic heterocycles. The lowest BCUT2D eigenvalue weighted by Gasteiger charge is -2.37. The van der Waals surface area contributed by atoms with Gasteiger partial charge in [-0.25, -0.2) is 4.79 Å². The first-order valence-electron chi connectivity index (χ1n) is 13.7. The van der Waals surface area contributed by atoms with Gasteiger partial charge < -0.3 is 24.6 Å². The van der Waals surface area contributed by atoms with Crippen molar-refractivity contribution < 1.29 is 19.1 Å². The van der Waals surface area contributed by atoms with Gasteiger partial charge in [0.25, 0.3) is 0 Å². The normalized spacial score (nSPS) is 18.5. The van der Waals surface area contributed by atoms with E-state index in [0.29, 0.717) is 32.0 Å². The van der Waals surface area contributed by atoms with Crippen molar-refractivity contribution in [3.8, 4) is 5.75 Å². The van der Waals surface area contributed by atoms with Crippen molar-refractivity contribution in [2.45, 2.75) is 52.2 Å². The molecule has 2 aromatic carbocycles. The number of hydrogen-bond acceptors (Lipinski definition) is 5. The maximum absolute atomic E-state index is 13.9. The van der Waals surface area contributed by atoms with Crippen molar-refractivity contribution in [1.82, 2.24) is 9.80 Å². The number of thiophene rings is 1. The monoisotopic (exact) mass is 547 g/mol. The van der Waals surface area contributed by atoms with E-state index >= 15 is 0 Å². The molecule has 1 fully saturated rings. The van der Waals surface area contributed by atoms with E-state index in [2.05, 4.69) is 29.8 Å². The number of aryl methyl sites for hydroxylation is 3. The highest BCUT2D eigenvalue weighted by atomic mass is 32.1. The first kappa shape index (κ1) is 27.2. The van der Waals surface area contributed by atoms with Crippen molar-refractivity contribution in [1.29, 1.82) is 0 Å². The fourth-order valence-corrected chi connectivity index (χ4v) is 6.28. The number of carbonyl (C=O) groups is 2. The van der Waals surface area contributed by atoms with Crippen molar-refractivity contribution in [3.05, 3.63) is 81.0 Å². The Morgan fingerprint density at radius 2 is 1.90 bits per heavy atom. The summed E-state index contributed by atoms with van der Waals surface area (Å²) < 4.78 is 12.1. The highest BCUT2D eigenvalue weighted by molar-refractivity contribution is 7.10. The second-order valence-corrected chi connectivity index (χ2v) is 11.5. The summed E-state index contributed by atoms with van der Waals surface area (Å²) in [6.45, 7) is 8.12. The van der Waals surface area contributed by atoms with Gasteiger partial charge in [0, 0.05) is 30.3 Å². The number of hydrogen-bond donors (Lipinski definition) is 1. The van der Waals surface area contributed by atoms with Gasteiger partial charge >= 0.3 is 6.03 Å². The molecule has 0 radical (unpaired) electrons. The predicted molar refractivity (Wildman–Crippen MR) is 155 cm³/mol. The molecule has 0 spiro atoms. The quantitative estimate of drug-likeness (QED) is 0.382. The number of carbonyl (C=O) groups excluding carboxylic acids is 2. The van der Waals surface area contributed by atoms with Gasteiger partial charge in [-0.1, -0.05) is 35.4 Å². The van der Waals surface area contributed by atoms with Crippen LogP contribution in [0.4, 0.5) is 10.5 Å². The number of amides is 3. The Kier molecular flexibility index (Phi) is 8.53. The van der Waals surface area contributed by atoms with Gasteiger partial charge in [-0.15, -0.1) is 11.3 Å². The Bertz CT molecular complexity index is 1300. The molecule has 0 bridgehead atoms. The molecule has 3 aromatic rings. The van der Waals surface area contributed by atoms with E-state index in [1.54, 1.807) is 16.2 Å². The molecule has 1 N–H and O–H groups in total. The first-order chi connectivity index (χ1) is 18.9. The summed E-state index contributed by atoms with van der Waals surface area (Å²) in [5.74, 6) is 0.742. The maximum atomic E-state index is 13.9. The molecule has 3 amide bonds. The smallest absolute Gasteiger partial charge is 0.322 e. The van der Waals surface area contributed by atoms with E-state index in [1.807, 2.05) is 55.1 Å². The van der Waals surface area contributed by atoms with Crippen LogP contribution in [0, 0.1) is 20.8 Å². The molecule has 2 aliphatic rings. The zero-order valence-corrected chi connectivity index (χ0v) is 23.8. The minimum absolute atomic E-state index is 0.0168. The van der Waals surface area contributed by atoms with E-state index in [-0.39, 0.29) is 30.6 Å². The summed E-state index contributed by atoms with van der Waals surface area (Å²) in [4.78, 5) is 32.0. The third-order valence-electron chi connectivity index (χ3n) is 7.51. The lowest BCUT2D eigenvalue weighted by atomic mass is 10.00. The minimum atomic E-state index is -0.293. The fourth-order valence-electron chi connectivity index (χ4n) is 5.35. The number of fused-ring (bicyclic) bond motifs is 1. The van der Waals surface area contributed by atoms with Crippen LogP contribution in [0.3, 0.4) is 0 Å². The third-order valence-corrected chi connectivity index (χ3v) is 8.50. The molecule has 3 heterocycles. The van der Waals surface area contributed by atoms with Gasteiger partial charge in [-0.3, -0.25) is 4.79 Å². The fraction of sp³-hybridized carbons (Fsp3) is 0.419. The SMILES string of the molecule is Cc1ccc(NC(=O)N(CC(=O)N2CCc3sccc3[C@@H]2COc2ccc(C)cc2C)C[C@H]2CCCO2)cc1. The highest BCUT2D eigenvalue weighted by Gasteiger charge is 2.34. The van der Waals surface area contributed by atoms with Crippen molar-refractivity contribution >= 4 is 29.0 Å². The largest absolute Gasteiger partial charge is 0.491 e. The molecular formula is C31H37N3O4S.